The van der Waals surface area contributed by atoms with E-state index in [1.165, 1.54) is 28.4 Å². The fraction of sp³-hybridized carbons (Fsp3) is 0.100. The Balaban J connectivity index is 2.35. The summed E-state index contributed by atoms with van der Waals surface area (Å²) in [7, 11) is 0. The molecule has 0 spiro atoms. The maximum Gasteiger partial charge on any atom is 0.275 e. The van der Waals surface area contributed by atoms with Gasteiger partial charge in [-0.25, -0.2) is 10.8 Å². The van der Waals surface area contributed by atoms with E-state index in [2.05, 4.69) is 26.3 Å². The lowest BCUT2D eigenvalue weighted by molar-refractivity contribution is 0.0957. The maximum atomic E-state index is 11.8. The molecule has 1 amide bonds. The van der Waals surface area contributed by atoms with Crippen molar-refractivity contribution in [3.8, 4) is 0 Å². The number of hydrogen-bond acceptors (Lipinski definition) is 5. The van der Waals surface area contributed by atoms with Crippen molar-refractivity contribution in [1.82, 2.24) is 15.0 Å². The zero-order chi connectivity index (χ0) is 13.1. The number of carbonyl (C=O) groups is 1. The first-order chi connectivity index (χ1) is 8.63. The van der Waals surface area contributed by atoms with Gasteiger partial charge < -0.3 is 0 Å². The topological polar surface area (TPSA) is 90.0 Å². The Bertz CT molecular complexity index is 637. The molecule has 0 unspecified atom stereocenters. The summed E-state index contributed by atoms with van der Waals surface area (Å²) >= 11 is 4.39. The van der Waals surface area contributed by atoms with Crippen molar-refractivity contribution in [2.45, 2.75) is 6.54 Å². The van der Waals surface area contributed by atoms with Crippen LogP contribution >= 0.6 is 27.3 Å². The molecule has 0 radical (unpaired) electrons. The Morgan fingerprint density at radius 2 is 2.39 bits per heavy atom. The molecule has 0 aliphatic carbocycles. The average Bonchev–Trinajstić information content (AvgIpc) is 2.82. The maximum absolute atomic E-state index is 11.8. The van der Waals surface area contributed by atoms with Gasteiger partial charge in [0.15, 0.2) is 0 Å². The molecular formula is C10H9BrN4O2S. The summed E-state index contributed by atoms with van der Waals surface area (Å²) in [4.78, 5) is 27.7. The minimum absolute atomic E-state index is 0.199. The number of thiophene rings is 1. The van der Waals surface area contributed by atoms with Crippen molar-refractivity contribution in [2.75, 3.05) is 0 Å². The van der Waals surface area contributed by atoms with Gasteiger partial charge in [-0.2, -0.15) is 0 Å². The highest BCUT2D eigenvalue weighted by Crippen LogP contribution is 2.17. The van der Waals surface area contributed by atoms with Crippen LogP contribution in [0.3, 0.4) is 0 Å². The summed E-state index contributed by atoms with van der Waals surface area (Å²) in [6, 6.07) is 1.78. The van der Waals surface area contributed by atoms with E-state index in [9.17, 15) is 9.59 Å². The molecule has 18 heavy (non-hydrogen) atoms. The number of nitrogens with one attached hydrogen (secondary N) is 1. The molecule has 6 nitrogen and oxygen atoms in total. The second kappa shape index (κ2) is 5.42. The molecule has 0 saturated heterocycles. The Kier molecular flexibility index (Phi) is 3.90. The molecular weight excluding hydrogens is 320 g/mol. The highest BCUT2D eigenvalue weighted by Gasteiger charge is 2.13. The third kappa shape index (κ3) is 2.50. The van der Waals surface area contributed by atoms with Gasteiger partial charge in [0.2, 0.25) is 0 Å². The Hall–Kier alpha value is -1.51. The van der Waals surface area contributed by atoms with Gasteiger partial charge >= 0.3 is 0 Å². The van der Waals surface area contributed by atoms with Crippen molar-refractivity contribution >= 4 is 33.2 Å². The second-order valence-corrected chi connectivity index (χ2v) is 5.19. The number of hydrogen-bond donors (Lipinski definition) is 2. The van der Waals surface area contributed by atoms with Crippen LogP contribution in [0.25, 0.3) is 0 Å². The van der Waals surface area contributed by atoms with Gasteiger partial charge in [0.05, 0.1) is 17.7 Å². The van der Waals surface area contributed by atoms with Gasteiger partial charge in [0, 0.05) is 6.20 Å². The van der Waals surface area contributed by atoms with E-state index in [4.69, 9.17) is 5.84 Å². The second-order valence-electron chi connectivity index (χ2n) is 3.42. The zero-order valence-corrected chi connectivity index (χ0v) is 11.5. The summed E-state index contributed by atoms with van der Waals surface area (Å²) in [6.07, 6.45) is 2.86. The molecule has 0 aliphatic heterocycles. The molecule has 8 heteroatoms. The van der Waals surface area contributed by atoms with E-state index < -0.39 is 0 Å². The monoisotopic (exact) mass is 328 g/mol. The molecule has 2 heterocycles. The van der Waals surface area contributed by atoms with Gasteiger partial charge in [-0.1, -0.05) is 0 Å². The molecule has 0 bridgehead atoms. The lowest BCUT2D eigenvalue weighted by atomic mass is 10.2. The highest BCUT2D eigenvalue weighted by molar-refractivity contribution is 9.10. The van der Waals surface area contributed by atoms with Crippen molar-refractivity contribution in [3.63, 3.8) is 0 Å². The first-order valence-corrected chi connectivity index (χ1v) is 6.58. The van der Waals surface area contributed by atoms with Crippen molar-refractivity contribution in [3.05, 3.63) is 49.2 Å². The number of carbonyl (C=O) groups excluding carboxylic acids is 1. The van der Waals surface area contributed by atoms with Gasteiger partial charge in [-0.05, 0) is 32.9 Å². The fourth-order valence-corrected chi connectivity index (χ4v) is 2.61. The van der Waals surface area contributed by atoms with Crippen LogP contribution in [0.4, 0.5) is 0 Å². The molecule has 0 fully saturated rings. The SMILES string of the molecule is NNC(=O)c1sccc1Cn1cncc(Br)c1=O. The minimum Gasteiger partial charge on any atom is -0.294 e. The normalized spacial score (nSPS) is 10.3. The minimum atomic E-state index is -0.365. The number of amides is 1. The molecule has 94 valence electrons. The summed E-state index contributed by atoms with van der Waals surface area (Å²) in [6.45, 7) is 0.275. The molecule has 0 aliphatic rings. The molecule has 0 aromatic carbocycles. The summed E-state index contributed by atoms with van der Waals surface area (Å²) < 4.78 is 1.80. The van der Waals surface area contributed by atoms with Gasteiger partial charge in [-0.15, -0.1) is 11.3 Å². The number of nitrogen functional groups attached to an aromatic ring is 1. The quantitative estimate of drug-likeness (QED) is 0.493. The van der Waals surface area contributed by atoms with Gasteiger partial charge in [-0.3, -0.25) is 19.6 Å². The van der Waals surface area contributed by atoms with Crippen LogP contribution in [0.1, 0.15) is 15.2 Å². The molecule has 2 aromatic rings. The number of nitrogens with zero attached hydrogens (tertiary/aromatic N) is 2. The van der Waals surface area contributed by atoms with Gasteiger partial charge in [0.25, 0.3) is 11.5 Å². The number of aromatic nitrogens is 2. The van der Waals surface area contributed by atoms with Crippen LogP contribution < -0.4 is 16.8 Å². The van der Waals surface area contributed by atoms with E-state index in [1.807, 2.05) is 0 Å². The molecule has 3 N–H and O–H groups in total. The lowest BCUT2D eigenvalue weighted by Gasteiger charge is -2.05. The molecule has 0 atom stereocenters. The Morgan fingerprint density at radius 3 is 3.11 bits per heavy atom. The molecule has 2 aromatic heterocycles. The van der Waals surface area contributed by atoms with Crippen molar-refractivity contribution in [1.29, 1.82) is 0 Å². The predicted octanol–water partition coefficient (Wildman–Crippen LogP) is 0.719. The molecule has 2 rings (SSSR count). The first kappa shape index (κ1) is 12.9. The Morgan fingerprint density at radius 1 is 1.61 bits per heavy atom. The van der Waals surface area contributed by atoms with Crippen LogP contribution in [-0.4, -0.2) is 15.5 Å². The number of hydrazine groups is 1. The third-order valence-corrected chi connectivity index (χ3v) is 3.78. The van der Waals surface area contributed by atoms with Crippen LogP contribution in [0.15, 0.2) is 33.2 Å². The fourth-order valence-electron chi connectivity index (χ4n) is 1.45. The number of halogens is 1. The largest absolute Gasteiger partial charge is 0.294 e. The van der Waals surface area contributed by atoms with Gasteiger partial charge in [0.1, 0.15) is 4.47 Å². The van der Waals surface area contributed by atoms with Crippen molar-refractivity contribution < 1.29 is 4.79 Å². The summed E-state index contributed by atoms with van der Waals surface area (Å²) in [5.74, 6) is 4.73. The zero-order valence-electron chi connectivity index (χ0n) is 9.09. The van der Waals surface area contributed by atoms with Crippen LogP contribution in [0.2, 0.25) is 0 Å². The van der Waals surface area contributed by atoms with E-state index in [-0.39, 0.29) is 18.0 Å². The van der Waals surface area contributed by atoms with E-state index in [0.717, 1.165) is 5.56 Å². The van der Waals surface area contributed by atoms with Crippen LogP contribution in [0.5, 0.6) is 0 Å². The first-order valence-electron chi connectivity index (χ1n) is 4.90. The highest BCUT2D eigenvalue weighted by atomic mass is 79.9. The smallest absolute Gasteiger partial charge is 0.275 e. The van der Waals surface area contributed by atoms with E-state index in [0.29, 0.717) is 9.35 Å². The lowest BCUT2D eigenvalue weighted by Crippen LogP contribution is -2.30. The average molecular weight is 329 g/mol. The standard InChI is InChI=1S/C10H9BrN4O2S/c11-7-3-13-5-15(10(7)17)4-6-1-2-18-8(6)9(16)14-12/h1-3,5H,4,12H2,(H,14,16). The van der Waals surface area contributed by atoms with E-state index in [1.54, 1.807) is 11.4 Å². The number of rotatable bonds is 3. The van der Waals surface area contributed by atoms with E-state index >= 15 is 0 Å². The summed E-state index contributed by atoms with van der Waals surface area (Å²) in [5.41, 5.74) is 2.61. The predicted molar refractivity (Wildman–Crippen MR) is 71.3 cm³/mol. The Labute approximate surface area is 115 Å². The van der Waals surface area contributed by atoms with Crippen LogP contribution in [-0.2, 0) is 6.54 Å². The molecule has 0 saturated carbocycles. The summed E-state index contributed by atoms with van der Waals surface area (Å²) in [5, 5.41) is 1.77. The third-order valence-electron chi connectivity index (χ3n) is 2.28. The van der Waals surface area contributed by atoms with Crippen molar-refractivity contribution in [2.24, 2.45) is 5.84 Å². The number of nitrogens with two attached hydrogens (primary N) is 1. The van der Waals surface area contributed by atoms with Crippen LogP contribution in [0, 0.1) is 0 Å².